The number of carbonyl (C=O) groups is 4. The zero-order valence-electron chi connectivity index (χ0n) is 24.8. The number of likely N-dealkylation sites (N-methyl/N-ethyl adjacent to an activating group) is 1. The van der Waals surface area contributed by atoms with E-state index in [-0.39, 0.29) is 18.0 Å². The number of aromatic carboxylic acids is 1. The fourth-order valence-electron chi connectivity index (χ4n) is 4.99. The highest BCUT2D eigenvalue weighted by molar-refractivity contribution is 6.02. The Hall–Kier alpha value is -4.60. The van der Waals surface area contributed by atoms with Crippen LogP contribution in [0.2, 0.25) is 0 Å². The highest BCUT2D eigenvalue weighted by atomic mass is 16.6. The van der Waals surface area contributed by atoms with Gasteiger partial charge in [0.2, 0.25) is 11.8 Å². The van der Waals surface area contributed by atoms with Gasteiger partial charge in [-0.3, -0.25) is 14.5 Å². The van der Waals surface area contributed by atoms with E-state index in [1.54, 1.807) is 64.0 Å². The first-order valence-electron chi connectivity index (χ1n) is 13.8. The van der Waals surface area contributed by atoms with Crippen molar-refractivity contribution >= 4 is 40.3 Å². The summed E-state index contributed by atoms with van der Waals surface area (Å²) in [6, 6.07) is 14.2. The van der Waals surface area contributed by atoms with Crippen LogP contribution in [0.25, 0.3) is 10.8 Å². The van der Waals surface area contributed by atoms with Gasteiger partial charge in [-0.2, -0.15) is 0 Å². The Morgan fingerprint density at radius 2 is 1.83 bits per heavy atom. The van der Waals surface area contributed by atoms with Crippen molar-refractivity contribution in [1.29, 1.82) is 0 Å². The largest absolute Gasteiger partial charge is 0.496 e. The number of ether oxygens (including phenoxy) is 2. The Labute approximate surface area is 245 Å². The summed E-state index contributed by atoms with van der Waals surface area (Å²) in [5.41, 5.74) is 1.82. The second kappa shape index (κ2) is 12.1. The Balaban J connectivity index is 1.66. The Kier molecular flexibility index (Phi) is 8.75. The molecule has 0 fully saturated rings. The van der Waals surface area contributed by atoms with Gasteiger partial charge in [0.05, 0.1) is 19.2 Å². The van der Waals surface area contributed by atoms with Crippen LogP contribution >= 0.6 is 0 Å². The van der Waals surface area contributed by atoms with Crippen LogP contribution in [0.3, 0.4) is 0 Å². The SMILES string of the molecule is COc1ccc2cc(C(=O)O)ccc2c1CN1C(=O)C(NC(=O)C(C)N(C)C(=O)OC(C)(C)C)CCc2ccccc21. The standard InChI is InChI=1S/C32H37N3O7/c1-19(34(5)31(40)42-32(2,3)4)28(36)33-25-15-12-20-9-7-8-10-26(20)35(29(25)37)18-24-23-14-11-22(30(38)39)17-21(23)13-16-27(24)41-6/h7-11,13-14,16-17,19,25H,12,15,18H2,1-6H3,(H,33,36)(H,38,39). The molecule has 3 aromatic rings. The molecule has 0 aliphatic carbocycles. The van der Waals surface area contributed by atoms with Crippen LogP contribution in [0, 0.1) is 0 Å². The number of aryl methyl sites for hydroxylation is 1. The normalized spacial score (nSPS) is 15.8. The number of nitrogens with one attached hydrogen (secondary N) is 1. The number of methoxy groups -OCH3 is 1. The molecule has 2 unspecified atom stereocenters. The number of rotatable bonds is 7. The van der Waals surface area contributed by atoms with E-state index in [9.17, 15) is 24.3 Å². The van der Waals surface area contributed by atoms with Gasteiger partial charge in [-0.1, -0.05) is 30.3 Å². The molecule has 0 spiro atoms. The lowest BCUT2D eigenvalue weighted by molar-refractivity contribution is -0.130. The van der Waals surface area contributed by atoms with Crippen molar-refractivity contribution in [3.63, 3.8) is 0 Å². The van der Waals surface area contributed by atoms with Crippen molar-refractivity contribution in [1.82, 2.24) is 10.2 Å². The first kappa shape index (κ1) is 30.4. The number of nitrogens with zero attached hydrogens (tertiary/aromatic N) is 2. The zero-order chi connectivity index (χ0) is 30.8. The highest BCUT2D eigenvalue weighted by Gasteiger charge is 2.35. The summed E-state index contributed by atoms with van der Waals surface area (Å²) in [7, 11) is 3.03. The fourth-order valence-corrected chi connectivity index (χ4v) is 4.99. The van der Waals surface area contributed by atoms with E-state index >= 15 is 0 Å². The molecule has 4 rings (SSSR count). The maximum Gasteiger partial charge on any atom is 0.410 e. The van der Waals surface area contributed by atoms with Crippen LogP contribution in [0.4, 0.5) is 10.5 Å². The van der Waals surface area contributed by atoms with E-state index in [4.69, 9.17) is 9.47 Å². The average Bonchev–Trinajstić information content (AvgIpc) is 3.07. The second-order valence-corrected chi connectivity index (χ2v) is 11.4. The van der Waals surface area contributed by atoms with Gasteiger partial charge in [-0.05, 0) is 81.1 Å². The number of fused-ring (bicyclic) bond motifs is 2. The fraction of sp³-hybridized carbons (Fsp3) is 0.375. The average molecular weight is 576 g/mol. The minimum atomic E-state index is -1.03. The number of anilines is 1. The van der Waals surface area contributed by atoms with Crippen LogP contribution in [-0.2, 0) is 27.3 Å². The minimum Gasteiger partial charge on any atom is -0.496 e. The summed E-state index contributed by atoms with van der Waals surface area (Å²) in [6.45, 7) is 6.95. The van der Waals surface area contributed by atoms with Gasteiger partial charge in [0, 0.05) is 18.3 Å². The number of para-hydroxylation sites is 1. The number of carbonyl (C=O) groups excluding carboxylic acids is 3. The lowest BCUT2D eigenvalue weighted by Gasteiger charge is -2.30. The molecule has 1 aliphatic rings. The first-order chi connectivity index (χ1) is 19.8. The predicted octanol–water partition coefficient (Wildman–Crippen LogP) is 4.77. The van der Waals surface area contributed by atoms with Crippen molar-refractivity contribution in [3.05, 3.63) is 71.3 Å². The summed E-state index contributed by atoms with van der Waals surface area (Å²) >= 11 is 0. The predicted molar refractivity (Wildman–Crippen MR) is 159 cm³/mol. The molecule has 42 heavy (non-hydrogen) atoms. The molecule has 0 radical (unpaired) electrons. The maximum atomic E-state index is 14.1. The van der Waals surface area contributed by atoms with E-state index in [0.29, 0.717) is 29.5 Å². The quantitative estimate of drug-likeness (QED) is 0.416. The molecule has 0 aromatic heterocycles. The van der Waals surface area contributed by atoms with E-state index in [2.05, 4.69) is 5.32 Å². The molecule has 10 nitrogen and oxygen atoms in total. The second-order valence-electron chi connectivity index (χ2n) is 11.4. The van der Waals surface area contributed by atoms with Crippen molar-refractivity contribution in [2.24, 2.45) is 0 Å². The molecule has 3 amide bonds. The molecule has 1 aliphatic heterocycles. The molecule has 3 aromatic carbocycles. The van der Waals surface area contributed by atoms with Crippen molar-refractivity contribution in [3.8, 4) is 5.75 Å². The number of hydrogen-bond donors (Lipinski definition) is 2. The van der Waals surface area contributed by atoms with Crippen LogP contribution in [0.15, 0.2) is 54.6 Å². The molecular formula is C32H37N3O7. The number of benzene rings is 3. The Morgan fingerprint density at radius 1 is 1.12 bits per heavy atom. The molecule has 0 bridgehead atoms. The Morgan fingerprint density at radius 3 is 2.50 bits per heavy atom. The molecule has 0 saturated heterocycles. The number of hydrogen-bond acceptors (Lipinski definition) is 6. The number of carboxylic acids is 1. The number of amides is 3. The van der Waals surface area contributed by atoms with Gasteiger partial charge in [-0.25, -0.2) is 9.59 Å². The highest BCUT2D eigenvalue weighted by Crippen LogP contribution is 2.34. The number of carboxylic acid groups (broad SMARTS) is 1. The summed E-state index contributed by atoms with van der Waals surface area (Å²) in [5.74, 6) is -1.26. The van der Waals surface area contributed by atoms with E-state index in [1.165, 1.54) is 18.0 Å². The lowest BCUT2D eigenvalue weighted by atomic mass is 10.00. The summed E-state index contributed by atoms with van der Waals surface area (Å²) in [4.78, 5) is 54.4. The minimum absolute atomic E-state index is 0.127. The van der Waals surface area contributed by atoms with E-state index in [0.717, 1.165) is 16.6 Å². The first-order valence-corrected chi connectivity index (χ1v) is 13.8. The van der Waals surface area contributed by atoms with Crippen molar-refractivity contribution in [2.45, 2.75) is 64.8 Å². The molecular weight excluding hydrogens is 538 g/mol. The summed E-state index contributed by atoms with van der Waals surface area (Å²) in [5, 5.41) is 13.8. The smallest absolute Gasteiger partial charge is 0.410 e. The van der Waals surface area contributed by atoms with Gasteiger partial charge in [0.15, 0.2) is 0 Å². The molecule has 2 atom stereocenters. The third-order valence-corrected chi connectivity index (χ3v) is 7.38. The zero-order valence-corrected chi connectivity index (χ0v) is 24.8. The van der Waals surface area contributed by atoms with Crippen LogP contribution in [0.1, 0.15) is 55.6 Å². The molecule has 1 heterocycles. The molecule has 10 heteroatoms. The molecule has 2 N–H and O–H groups in total. The van der Waals surface area contributed by atoms with Gasteiger partial charge < -0.3 is 24.8 Å². The third kappa shape index (κ3) is 6.48. The Bertz CT molecular complexity index is 1530. The lowest BCUT2D eigenvalue weighted by Crippen LogP contribution is -2.54. The van der Waals surface area contributed by atoms with Crippen molar-refractivity contribution in [2.75, 3.05) is 19.1 Å². The van der Waals surface area contributed by atoms with Gasteiger partial charge >= 0.3 is 12.1 Å². The summed E-state index contributed by atoms with van der Waals surface area (Å²) in [6.07, 6.45) is 0.282. The van der Waals surface area contributed by atoms with Crippen LogP contribution < -0.4 is 15.0 Å². The van der Waals surface area contributed by atoms with Crippen molar-refractivity contribution < 1.29 is 33.8 Å². The topological polar surface area (TPSA) is 125 Å². The molecule has 222 valence electrons. The van der Waals surface area contributed by atoms with Gasteiger partial charge in [0.25, 0.3) is 0 Å². The van der Waals surface area contributed by atoms with E-state index < -0.39 is 35.7 Å². The maximum absolute atomic E-state index is 14.1. The van der Waals surface area contributed by atoms with Crippen LogP contribution in [-0.4, -0.2) is 65.7 Å². The van der Waals surface area contributed by atoms with Crippen LogP contribution in [0.5, 0.6) is 5.75 Å². The monoisotopic (exact) mass is 575 g/mol. The summed E-state index contributed by atoms with van der Waals surface area (Å²) < 4.78 is 11.1. The van der Waals surface area contributed by atoms with Gasteiger partial charge in [0.1, 0.15) is 23.4 Å². The molecule has 0 saturated carbocycles. The van der Waals surface area contributed by atoms with Gasteiger partial charge in [-0.15, -0.1) is 0 Å². The van der Waals surface area contributed by atoms with E-state index in [1.807, 2.05) is 24.3 Å². The third-order valence-electron chi connectivity index (χ3n) is 7.38.